The van der Waals surface area contributed by atoms with Crippen LogP contribution in [0.5, 0.6) is 11.5 Å². The molecular weight excluding hydrogens is 132 g/mol. The van der Waals surface area contributed by atoms with Gasteiger partial charge in [0.25, 0.3) is 0 Å². The van der Waals surface area contributed by atoms with Crippen molar-refractivity contribution in [2.45, 2.75) is 7.43 Å². The smallest absolute Gasteiger partial charge is 0.115 e. The van der Waals surface area contributed by atoms with E-state index < -0.39 is 0 Å². The van der Waals surface area contributed by atoms with E-state index in [0.717, 1.165) is 0 Å². The molecule has 0 aliphatic carbocycles. The highest BCUT2D eigenvalue weighted by Crippen LogP contribution is 2.13. The Hall–Kier alpha value is -1.22. The maximum Gasteiger partial charge on any atom is 0.115 e. The first-order valence-corrected chi connectivity index (χ1v) is 2.27. The van der Waals surface area contributed by atoms with Crippen LogP contribution in [-0.2, 0) is 0 Å². The van der Waals surface area contributed by atoms with Gasteiger partial charge in [0.1, 0.15) is 11.5 Å². The van der Waals surface area contributed by atoms with Crippen LogP contribution in [0, 0.1) is 0 Å². The lowest BCUT2D eigenvalue weighted by atomic mass is 10.3. The van der Waals surface area contributed by atoms with Crippen LogP contribution in [0.3, 0.4) is 0 Å². The molecule has 3 heteroatoms. The fourth-order valence-electron chi connectivity index (χ4n) is 0.453. The largest absolute Gasteiger partial charge is 0.508 e. The number of hydrogen-bond donors (Lipinski definition) is 2. The average molecular weight is 144 g/mol. The fourth-order valence-corrected chi connectivity index (χ4v) is 0.453. The molecule has 0 heterocycles. The summed E-state index contributed by atoms with van der Waals surface area (Å²) in [6, 6.07) is 5.70. The Morgan fingerprint density at radius 1 is 0.800 bits per heavy atom. The van der Waals surface area contributed by atoms with Crippen molar-refractivity contribution < 1.29 is 15.7 Å². The van der Waals surface area contributed by atoms with Crippen LogP contribution in [-0.4, -0.2) is 15.7 Å². The monoisotopic (exact) mass is 144 g/mol. The molecular formula is C7H12O3. The first kappa shape index (κ1) is 11.6. The maximum atomic E-state index is 8.65. The van der Waals surface area contributed by atoms with Gasteiger partial charge in [-0.3, -0.25) is 0 Å². The minimum Gasteiger partial charge on any atom is -0.508 e. The summed E-state index contributed by atoms with van der Waals surface area (Å²) in [5.41, 5.74) is 0. The number of phenols is 2. The van der Waals surface area contributed by atoms with Gasteiger partial charge in [-0.1, -0.05) is 7.43 Å². The Kier molecular flexibility index (Phi) is 5.36. The Bertz CT molecular complexity index is 148. The second-order valence-electron chi connectivity index (χ2n) is 1.52. The zero-order valence-electron chi connectivity index (χ0n) is 4.70. The topological polar surface area (TPSA) is 72.0 Å². The normalized spacial score (nSPS) is 7.20. The van der Waals surface area contributed by atoms with Crippen LogP contribution in [0.4, 0.5) is 0 Å². The second-order valence-corrected chi connectivity index (χ2v) is 1.52. The number of phenolic OH excluding ortho intramolecular Hbond substituents is 2. The van der Waals surface area contributed by atoms with E-state index >= 15 is 0 Å². The Balaban J connectivity index is 0. The minimum absolute atomic E-state index is 0. The molecule has 3 nitrogen and oxygen atoms in total. The van der Waals surface area contributed by atoms with Crippen LogP contribution in [0.2, 0.25) is 0 Å². The Morgan fingerprint density at radius 2 is 1.00 bits per heavy atom. The van der Waals surface area contributed by atoms with Gasteiger partial charge in [-0.15, -0.1) is 0 Å². The molecule has 0 amide bonds. The van der Waals surface area contributed by atoms with Gasteiger partial charge in [-0.05, 0) is 24.3 Å². The summed E-state index contributed by atoms with van der Waals surface area (Å²) in [7, 11) is 0. The van der Waals surface area contributed by atoms with Crippen LogP contribution < -0.4 is 0 Å². The van der Waals surface area contributed by atoms with E-state index in [4.69, 9.17) is 10.2 Å². The van der Waals surface area contributed by atoms with Crippen LogP contribution in [0.1, 0.15) is 7.43 Å². The predicted octanol–water partition coefficient (Wildman–Crippen LogP) is 0.909. The van der Waals surface area contributed by atoms with Crippen molar-refractivity contribution in [2.24, 2.45) is 0 Å². The van der Waals surface area contributed by atoms with Crippen LogP contribution in [0.15, 0.2) is 24.3 Å². The third-order valence-corrected chi connectivity index (χ3v) is 0.850. The van der Waals surface area contributed by atoms with Crippen molar-refractivity contribution in [3.05, 3.63) is 24.3 Å². The third-order valence-electron chi connectivity index (χ3n) is 0.850. The molecule has 0 aromatic heterocycles. The average Bonchev–Trinajstić information content (AvgIpc) is 1.77. The lowest BCUT2D eigenvalue weighted by molar-refractivity contribution is 0.460. The highest BCUT2D eigenvalue weighted by atomic mass is 16.3. The number of benzene rings is 1. The van der Waals surface area contributed by atoms with E-state index in [9.17, 15) is 0 Å². The van der Waals surface area contributed by atoms with Crippen LogP contribution in [0.25, 0.3) is 0 Å². The number of aromatic hydroxyl groups is 2. The first-order chi connectivity index (χ1) is 3.79. The molecule has 0 bridgehead atoms. The molecule has 0 unspecified atom stereocenters. The molecule has 0 saturated heterocycles. The molecule has 10 heavy (non-hydrogen) atoms. The lowest BCUT2D eigenvalue weighted by Crippen LogP contribution is -1.61. The quantitative estimate of drug-likeness (QED) is 0.531. The summed E-state index contributed by atoms with van der Waals surface area (Å²) in [6.07, 6.45) is 0. The Morgan fingerprint density at radius 3 is 1.20 bits per heavy atom. The van der Waals surface area contributed by atoms with Crippen molar-refractivity contribution in [2.75, 3.05) is 0 Å². The van der Waals surface area contributed by atoms with E-state index in [-0.39, 0.29) is 24.4 Å². The van der Waals surface area contributed by atoms with E-state index in [1.54, 1.807) is 0 Å². The molecule has 0 aliphatic rings. The van der Waals surface area contributed by atoms with E-state index in [1.165, 1.54) is 24.3 Å². The summed E-state index contributed by atoms with van der Waals surface area (Å²) >= 11 is 0. The van der Waals surface area contributed by atoms with Gasteiger partial charge in [-0.25, -0.2) is 0 Å². The number of hydrogen-bond acceptors (Lipinski definition) is 2. The van der Waals surface area contributed by atoms with E-state index in [0.29, 0.717) is 0 Å². The van der Waals surface area contributed by atoms with Gasteiger partial charge in [0.2, 0.25) is 0 Å². The first-order valence-electron chi connectivity index (χ1n) is 2.27. The van der Waals surface area contributed by atoms with Gasteiger partial charge in [-0.2, -0.15) is 0 Å². The predicted molar refractivity (Wildman–Crippen MR) is 40.1 cm³/mol. The van der Waals surface area contributed by atoms with Crippen molar-refractivity contribution >= 4 is 0 Å². The molecule has 0 radical (unpaired) electrons. The summed E-state index contributed by atoms with van der Waals surface area (Å²) in [5, 5.41) is 17.3. The van der Waals surface area contributed by atoms with Gasteiger partial charge < -0.3 is 15.7 Å². The Labute approximate surface area is 59.9 Å². The van der Waals surface area contributed by atoms with E-state index in [2.05, 4.69) is 0 Å². The standard InChI is InChI=1S/C6H6O2.CH4.H2O/c7-5-1-2-6(8)4-3-5;;/h1-4,7-8H;1H4;1H2. The van der Waals surface area contributed by atoms with Crippen molar-refractivity contribution in [1.29, 1.82) is 0 Å². The highest BCUT2D eigenvalue weighted by molar-refractivity contribution is 5.28. The highest BCUT2D eigenvalue weighted by Gasteiger charge is 1.84. The summed E-state index contributed by atoms with van der Waals surface area (Å²) in [4.78, 5) is 0. The molecule has 0 fully saturated rings. The van der Waals surface area contributed by atoms with Gasteiger partial charge in [0.15, 0.2) is 0 Å². The second kappa shape index (κ2) is 4.64. The van der Waals surface area contributed by atoms with Crippen molar-refractivity contribution in [3.63, 3.8) is 0 Å². The summed E-state index contributed by atoms with van der Waals surface area (Å²) in [5.74, 6) is 0.339. The molecule has 0 atom stereocenters. The molecule has 1 rings (SSSR count). The van der Waals surface area contributed by atoms with Crippen molar-refractivity contribution in [1.82, 2.24) is 0 Å². The van der Waals surface area contributed by atoms with Crippen molar-refractivity contribution in [3.8, 4) is 11.5 Å². The molecule has 1 aromatic carbocycles. The molecule has 58 valence electrons. The lowest BCUT2D eigenvalue weighted by Gasteiger charge is -1.88. The van der Waals surface area contributed by atoms with Gasteiger partial charge >= 0.3 is 0 Å². The zero-order valence-corrected chi connectivity index (χ0v) is 4.70. The number of rotatable bonds is 0. The summed E-state index contributed by atoms with van der Waals surface area (Å²) in [6.45, 7) is 0. The van der Waals surface area contributed by atoms with Gasteiger partial charge in [0.05, 0.1) is 0 Å². The summed E-state index contributed by atoms with van der Waals surface area (Å²) < 4.78 is 0. The maximum absolute atomic E-state index is 8.65. The zero-order chi connectivity index (χ0) is 5.98. The van der Waals surface area contributed by atoms with Gasteiger partial charge in [0, 0.05) is 0 Å². The molecule has 1 aromatic rings. The molecule has 0 saturated carbocycles. The molecule has 0 aliphatic heterocycles. The molecule has 4 N–H and O–H groups in total. The minimum atomic E-state index is 0. The third kappa shape index (κ3) is 2.94. The SMILES string of the molecule is C.O.Oc1ccc(O)cc1. The molecule has 0 spiro atoms. The van der Waals surface area contributed by atoms with E-state index in [1.807, 2.05) is 0 Å². The van der Waals surface area contributed by atoms with Crippen LogP contribution >= 0.6 is 0 Å². The fraction of sp³-hybridized carbons (Fsp3) is 0.143.